The predicted molar refractivity (Wildman–Crippen MR) is 76.0 cm³/mol. The number of hydrazine groups is 1. The number of nitrogens with two attached hydrogens (primary N) is 1. The molecule has 0 saturated heterocycles. The van der Waals surface area contributed by atoms with E-state index in [0.29, 0.717) is 15.9 Å². The van der Waals surface area contributed by atoms with E-state index in [1.807, 2.05) is 6.92 Å². The Balaban J connectivity index is 2.34. The Morgan fingerprint density at radius 1 is 1.63 bits per heavy atom. The van der Waals surface area contributed by atoms with E-state index in [4.69, 9.17) is 5.84 Å². The van der Waals surface area contributed by atoms with Gasteiger partial charge in [0.25, 0.3) is 11.5 Å². The van der Waals surface area contributed by atoms with Crippen molar-refractivity contribution in [2.24, 2.45) is 5.84 Å². The summed E-state index contributed by atoms with van der Waals surface area (Å²) in [5.74, 6) is 4.76. The van der Waals surface area contributed by atoms with Crippen LogP contribution >= 0.6 is 27.3 Å². The number of amides is 1. The molecule has 0 saturated carbocycles. The van der Waals surface area contributed by atoms with Gasteiger partial charge < -0.3 is 0 Å². The fraction of sp³-hybridized carbons (Fsp3) is 0.182. The molecule has 8 heteroatoms. The van der Waals surface area contributed by atoms with Gasteiger partial charge in [-0.2, -0.15) is 0 Å². The zero-order chi connectivity index (χ0) is 14.0. The van der Waals surface area contributed by atoms with Gasteiger partial charge in [0.1, 0.15) is 4.47 Å². The SMILES string of the molecule is Cc1sc(C(=O)NN)cc1Cn1cncc(Br)c1=O. The lowest BCUT2D eigenvalue weighted by atomic mass is 10.2. The molecule has 2 rings (SSSR count). The molecule has 2 heterocycles. The fourth-order valence-corrected chi connectivity index (χ4v) is 2.86. The predicted octanol–water partition coefficient (Wildman–Crippen LogP) is 1.03. The number of hydrogen-bond donors (Lipinski definition) is 2. The summed E-state index contributed by atoms with van der Waals surface area (Å²) in [6, 6.07) is 1.73. The minimum absolute atomic E-state index is 0.162. The molecule has 0 unspecified atom stereocenters. The number of rotatable bonds is 3. The van der Waals surface area contributed by atoms with Crippen molar-refractivity contribution in [2.45, 2.75) is 13.5 Å². The first-order valence-electron chi connectivity index (χ1n) is 5.33. The van der Waals surface area contributed by atoms with Crippen LogP contribution in [0.15, 0.2) is 27.9 Å². The molecule has 0 aliphatic rings. The van der Waals surface area contributed by atoms with Crippen LogP contribution in [0, 0.1) is 6.92 Å². The highest BCUT2D eigenvalue weighted by Crippen LogP contribution is 2.22. The highest BCUT2D eigenvalue weighted by Gasteiger charge is 2.12. The Bertz CT molecular complexity index is 680. The summed E-state index contributed by atoms with van der Waals surface area (Å²) in [5, 5.41) is 0. The Hall–Kier alpha value is -1.51. The minimum atomic E-state index is -0.334. The molecular weight excluding hydrogens is 332 g/mol. The molecular formula is C11H11BrN4O2S. The third kappa shape index (κ3) is 2.91. The van der Waals surface area contributed by atoms with Crippen molar-refractivity contribution in [2.75, 3.05) is 0 Å². The van der Waals surface area contributed by atoms with E-state index in [1.54, 1.807) is 6.07 Å². The Kier molecular flexibility index (Phi) is 4.13. The van der Waals surface area contributed by atoms with E-state index in [0.717, 1.165) is 10.4 Å². The zero-order valence-corrected chi connectivity index (χ0v) is 12.4. The van der Waals surface area contributed by atoms with Crippen molar-refractivity contribution in [1.82, 2.24) is 15.0 Å². The van der Waals surface area contributed by atoms with Gasteiger partial charge >= 0.3 is 0 Å². The van der Waals surface area contributed by atoms with Crippen LogP contribution in [0.4, 0.5) is 0 Å². The average molecular weight is 343 g/mol. The first kappa shape index (κ1) is 13.9. The lowest BCUT2D eigenvalue weighted by molar-refractivity contribution is 0.0957. The molecule has 0 bridgehead atoms. The average Bonchev–Trinajstić information content (AvgIpc) is 2.75. The Morgan fingerprint density at radius 2 is 2.37 bits per heavy atom. The van der Waals surface area contributed by atoms with E-state index in [2.05, 4.69) is 26.3 Å². The van der Waals surface area contributed by atoms with Crippen molar-refractivity contribution in [3.63, 3.8) is 0 Å². The highest BCUT2D eigenvalue weighted by atomic mass is 79.9. The normalized spacial score (nSPS) is 10.5. The van der Waals surface area contributed by atoms with Gasteiger partial charge in [-0.25, -0.2) is 10.8 Å². The first-order chi connectivity index (χ1) is 9.02. The molecule has 0 aromatic carbocycles. The molecule has 0 aliphatic carbocycles. The number of carbonyl (C=O) groups is 1. The van der Waals surface area contributed by atoms with Gasteiger partial charge in [-0.3, -0.25) is 19.6 Å². The van der Waals surface area contributed by atoms with Crippen LogP contribution in [0.3, 0.4) is 0 Å². The van der Waals surface area contributed by atoms with Crippen LogP contribution in [0.25, 0.3) is 0 Å². The number of nitrogen functional groups attached to an aromatic ring is 1. The molecule has 1 amide bonds. The van der Waals surface area contributed by atoms with Crippen LogP contribution < -0.4 is 16.8 Å². The monoisotopic (exact) mass is 342 g/mol. The quantitative estimate of drug-likeness (QED) is 0.495. The summed E-state index contributed by atoms with van der Waals surface area (Å²) >= 11 is 4.48. The van der Waals surface area contributed by atoms with Gasteiger partial charge in [-0.15, -0.1) is 11.3 Å². The standard InChI is InChI=1S/C11H11BrN4O2S/c1-6-7(2-9(19-6)10(17)15-13)4-16-5-14-3-8(12)11(16)18/h2-3,5H,4,13H2,1H3,(H,15,17). The summed E-state index contributed by atoms with van der Waals surface area (Å²) in [6.45, 7) is 2.26. The number of nitrogens with zero attached hydrogens (tertiary/aromatic N) is 2. The smallest absolute Gasteiger partial charge is 0.275 e. The van der Waals surface area contributed by atoms with E-state index in [1.165, 1.54) is 28.4 Å². The zero-order valence-electron chi connectivity index (χ0n) is 10.0. The van der Waals surface area contributed by atoms with Crippen molar-refractivity contribution in [3.8, 4) is 0 Å². The number of aryl methyl sites for hydroxylation is 1. The Morgan fingerprint density at radius 3 is 3.05 bits per heavy atom. The molecule has 0 radical (unpaired) electrons. The van der Waals surface area contributed by atoms with Crippen LogP contribution in [-0.4, -0.2) is 15.5 Å². The molecule has 3 N–H and O–H groups in total. The van der Waals surface area contributed by atoms with Gasteiger partial charge in [-0.1, -0.05) is 0 Å². The summed E-state index contributed by atoms with van der Waals surface area (Å²) in [7, 11) is 0. The van der Waals surface area contributed by atoms with Crippen LogP contribution in [-0.2, 0) is 6.54 Å². The van der Waals surface area contributed by atoms with Crippen LogP contribution in [0.1, 0.15) is 20.1 Å². The van der Waals surface area contributed by atoms with Crippen LogP contribution in [0.5, 0.6) is 0 Å². The minimum Gasteiger partial charge on any atom is -0.294 e. The van der Waals surface area contributed by atoms with Gasteiger partial charge in [-0.05, 0) is 34.5 Å². The lowest BCUT2D eigenvalue weighted by Gasteiger charge is -2.04. The number of aromatic nitrogens is 2. The van der Waals surface area contributed by atoms with Crippen molar-refractivity contribution < 1.29 is 4.79 Å². The van der Waals surface area contributed by atoms with E-state index >= 15 is 0 Å². The number of halogens is 1. The van der Waals surface area contributed by atoms with E-state index in [-0.39, 0.29) is 11.5 Å². The second-order valence-corrected chi connectivity index (χ2v) is 5.95. The second-order valence-electron chi connectivity index (χ2n) is 3.84. The molecule has 0 spiro atoms. The van der Waals surface area contributed by atoms with Gasteiger partial charge in [0.2, 0.25) is 0 Å². The molecule has 0 aliphatic heterocycles. The van der Waals surface area contributed by atoms with E-state index in [9.17, 15) is 9.59 Å². The number of carbonyl (C=O) groups excluding carboxylic acids is 1. The van der Waals surface area contributed by atoms with Crippen molar-refractivity contribution in [3.05, 3.63) is 48.7 Å². The second kappa shape index (κ2) is 5.64. The van der Waals surface area contributed by atoms with E-state index < -0.39 is 0 Å². The summed E-state index contributed by atoms with van der Waals surface area (Å²) in [4.78, 5) is 28.7. The largest absolute Gasteiger partial charge is 0.294 e. The molecule has 100 valence electrons. The van der Waals surface area contributed by atoms with Gasteiger partial charge in [0.15, 0.2) is 0 Å². The van der Waals surface area contributed by atoms with Crippen molar-refractivity contribution in [1.29, 1.82) is 0 Å². The molecule has 2 aromatic rings. The highest BCUT2D eigenvalue weighted by molar-refractivity contribution is 9.10. The molecule has 0 atom stereocenters. The molecule has 19 heavy (non-hydrogen) atoms. The maximum atomic E-state index is 11.9. The third-order valence-corrected chi connectivity index (χ3v) is 4.21. The maximum absolute atomic E-state index is 11.9. The van der Waals surface area contributed by atoms with Crippen molar-refractivity contribution >= 4 is 33.2 Å². The maximum Gasteiger partial charge on any atom is 0.275 e. The summed E-state index contributed by atoms with van der Waals surface area (Å²) in [5.41, 5.74) is 2.82. The molecule has 2 aromatic heterocycles. The van der Waals surface area contributed by atoms with Gasteiger partial charge in [0, 0.05) is 11.1 Å². The first-order valence-corrected chi connectivity index (χ1v) is 6.94. The fourth-order valence-electron chi connectivity index (χ4n) is 1.58. The topological polar surface area (TPSA) is 90.0 Å². The van der Waals surface area contributed by atoms with Crippen LogP contribution in [0.2, 0.25) is 0 Å². The number of hydrogen-bond acceptors (Lipinski definition) is 5. The Labute approximate surface area is 121 Å². The summed E-state index contributed by atoms with van der Waals surface area (Å²) < 4.78 is 1.88. The molecule has 6 nitrogen and oxygen atoms in total. The van der Waals surface area contributed by atoms with Gasteiger partial charge in [0.05, 0.1) is 17.7 Å². The molecule has 0 fully saturated rings. The number of thiophene rings is 1. The lowest BCUT2D eigenvalue weighted by Crippen LogP contribution is -2.29. The third-order valence-electron chi connectivity index (χ3n) is 2.58. The number of nitrogens with one attached hydrogen (secondary N) is 1. The summed E-state index contributed by atoms with van der Waals surface area (Å²) in [6.07, 6.45) is 2.92.